The highest BCUT2D eigenvalue weighted by Gasteiger charge is 2.33. The van der Waals surface area contributed by atoms with E-state index in [1.807, 2.05) is 6.26 Å². The van der Waals surface area contributed by atoms with Gasteiger partial charge in [-0.15, -0.1) is 0 Å². The van der Waals surface area contributed by atoms with Gasteiger partial charge < -0.3 is 9.73 Å². The standard InChI is InChI=1S/C12H19NO/c1-3-13-12(9(2)10-4-5-10)11-6-7-14-8-11/h6-10,12-13H,3-5H2,1-2H3. The Balaban J connectivity index is 2.06. The summed E-state index contributed by atoms with van der Waals surface area (Å²) in [5.74, 6) is 1.65. The van der Waals surface area contributed by atoms with Gasteiger partial charge in [0.2, 0.25) is 0 Å². The monoisotopic (exact) mass is 193 g/mol. The Bertz CT molecular complexity index is 264. The number of hydrogen-bond donors (Lipinski definition) is 1. The van der Waals surface area contributed by atoms with Gasteiger partial charge >= 0.3 is 0 Å². The molecule has 1 fully saturated rings. The second kappa shape index (κ2) is 4.18. The molecule has 1 saturated carbocycles. The highest BCUT2D eigenvalue weighted by atomic mass is 16.3. The largest absolute Gasteiger partial charge is 0.472 e. The Labute approximate surface area is 85.7 Å². The highest BCUT2D eigenvalue weighted by molar-refractivity contribution is 5.13. The molecule has 1 N–H and O–H groups in total. The van der Waals surface area contributed by atoms with E-state index >= 15 is 0 Å². The van der Waals surface area contributed by atoms with E-state index in [0.29, 0.717) is 6.04 Å². The van der Waals surface area contributed by atoms with E-state index < -0.39 is 0 Å². The SMILES string of the molecule is CCNC(c1ccoc1)C(C)C1CC1. The maximum atomic E-state index is 5.15. The Kier molecular flexibility index (Phi) is 2.92. The fraction of sp³-hybridized carbons (Fsp3) is 0.667. The third kappa shape index (κ3) is 2.01. The van der Waals surface area contributed by atoms with Crippen LogP contribution in [0.4, 0.5) is 0 Å². The summed E-state index contributed by atoms with van der Waals surface area (Å²) in [5, 5.41) is 3.55. The third-order valence-electron chi connectivity index (χ3n) is 3.22. The molecular weight excluding hydrogens is 174 g/mol. The van der Waals surface area contributed by atoms with Crippen LogP contribution in [0.1, 0.15) is 38.3 Å². The van der Waals surface area contributed by atoms with Gasteiger partial charge in [0, 0.05) is 11.6 Å². The van der Waals surface area contributed by atoms with Gasteiger partial charge in [0.15, 0.2) is 0 Å². The molecule has 0 aliphatic heterocycles. The smallest absolute Gasteiger partial charge is 0.0950 e. The van der Waals surface area contributed by atoms with Gasteiger partial charge in [0.05, 0.1) is 12.5 Å². The quantitative estimate of drug-likeness (QED) is 0.777. The maximum absolute atomic E-state index is 5.15. The molecule has 0 aromatic carbocycles. The lowest BCUT2D eigenvalue weighted by Crippen LogP contribution is -2.27. The van der Waals surface area contributed by atoms with Crippen molar-refractivity contribution in [1.29, 1.82) is 0 Å². The summed E-state index contributed by atoms with van der Waals surface area (Å²) < 4.78 is 5.15. The van der Waals surface area contributed by atoms with Crippen LogP contribution >= 0.6 is 0 Å². The van der Waals surface area contributed by atoms with Crippen LogP contribution < -0.4 is 5.32 Å². The first kappa shape index (κ1) is 9.78. The molecule has 0 amide bonds. The van der Waals surface area contributed by atoms with E-state index in [2.05, 4.69) is 25.2 Å². The van der Waals surface area contributed by atoms with Crippen molar-refractivity contribution < 1.29 is 4.42 Å². The van der Waals surface area contributed by atoms with Crippen molar-refractivity contribution in [3.05, 3.63) is 24.2 Å². The van der Waals surface area contributed by atoms with E-state index in [0.717, 1.165) is 18.4 Å². The molecule has 78 valence electrons. The molecule has 1 aliphatic rings. The molecule has 0 bridgehead atoms. The predicted molar refractivity (Wildman–Crippen MR) is 57.0 cm³/mol. The molecule has 0 radical (unpaired) electrons. The van der Waals surface area contributed by atoms with Crippen molar-refractivity contribution >= 4 is 0 Å². The normalized spacial score (nSPS) is 20.7. The zero-order valence-electron chi connectivity index (χ0n) is 8.99. The summed E-state index contributed by atoms with van der Waals surface area (Å²) in [5.41, 5.74) is 1.30. The molecule has 0 saturated heterocycles. The number of rotatable bonds is 5. The number of nitrogens with one attached hydrogen (secondary N) is 1. The molecule has 1 aliphatic carbocycles. The summed E-state index contributed by atoms with van der Waals surface area (Å²) >= 11 is 0. The molecule has 2 rings (SSSR count). The van der Waals surface area contributed by atoms with Gasteiger partial charge in [-0.25, -0.2) is 0 Å². The van der Waals surface area contributed by atoms with Gasteiger partial charge in [0.1, 0.15) is 0 Å². The molecule has 2 atom stereocenters. The summed E-state index contributed by atoms with van der Waals surface area (Å²) in [6.07, 6.45) is 6.44. The number of hydrogen-bond acceptors (Lipinski definition) is 2. The topological polar surface area (TPSA) is 25.2 Å². The van der Waals surface area contributed by atoms with E-state index in [-0.39, 0.29) is 0 Å². The Morgan fingerprint density at radius 2 is 2.36 bits per heavy atom. The zero-order valence-corrected chi connectivity index (χ0v) is 8.99. The van der Waals surface area contributed by atoms with E-state index in [4.69, 9.17) is 4.42 Å². The molecule has 2 unspecified atom stereocenters. The molecular formula is C12H19NO. The van der Waals surface area contributed by atoms with Crippen molar-refractivity contribution in [3.8, 4) is 0 Å². The van der Waals surface area contributed by atoms with E-state index in [1.165, 1.54) is 18.4 Å². The van der Waals surface area contributed by atoms with Crippen LogP contribution in [0.25, 0.3) is 0 Å². The average molecular weight is 193 g/mol. The molecule has 2 nitrogen and oxygen atoms in total. The fourth-order valence-corrected chi connectivity index (χ4v) is 2.17. The van der Waals surface area contributed by atoms with Gasteiger partial charge in [0.25, 0.3) is 0 Å². The van der Waals surface area contributed by atoms with Gasteiger partial charge in [-0.1, -0.05) is 13.8 Å². The summed E-state index contributed by atoms with van der Waals surface area (Å²) in [6.45, 7) is 5.53. The Hall–Kier alpha value is -0.760. The first-order valence-corrected chi connectivity index (χ1v) is 5.58. The molecule has 1 heterocycles. The second-order valence-corrected chi connectivity index (χ2v) is 4.29. The summed E-state index contributed by atoms with van der Waals surface area (Å²) in [7, 11) is 0. The first-order chi connectivity index (χ1) is 6.83. The minimum atomic E-state index is 0.478. The molecule has 0 spiro atoms. The Morgan fingerprint density at radius 3 is 2.86 bits per heavy atom. The van der Waals surface area contributed by atoms with Crippen molar-refractivity contribution in [1.82, 2.24) is 5.32 Å². The lowest BCUT2D eigenvalue weighted by Gasteiger charge is -2.23. The average Bonchev–Trinajstić information content (AvgIpc) is 2.91. The third-order valence-corrected chi connectivity index (χ3v) is 3.22. The molecule has 2 heteroatoms. The van der Waals surface area contributed by atoms with Crippen molar-refractivity contribution in [2.75, 3.05) is 6.54 Å². The lowest BCUT2D eigenvalue weighted by atomic mass is 9.92. The summed E-state index contributed by atoms with van der Waals surface area (Å²) in [6, 6.07) is 2.55. The van der Waals surface area contributed by atoms with Crippen molar-refractivity contribution in [3.63, 3.8) is 0 Å². The maximum Gasteiger partial charge on any atom is 0.0950 e. The number of furan rings is 1. The van der Waals surface area contributed by atoms with Crippen molar-refractivity contribution in [2.45, 2.75) is 32.7 Å². The predicted octanol–water partition coefficient (Wildman–Crippen LogP) is 2.98. The van der Waals surface area contributed by atoms with Crippen LogP contribution in [0.5, 0.6) is 0 Å². The van der Waals surface area contributed by atoms with Crippen molar-refractivity contribution in [2.24, 2.45) is 11.8 Å². The minimum absolute atomic E-state index is 0.478. The lowest BCUT2D eigenvalue weighted by molar-refractivity contribution is 0.353. The molecule has 1 aromatic rings. The van der Waals surface area contributed by atoms with Crippen LogP contribution in [-0.2, 0) is 0 Å². The summed E-state index contributed by atoms with van der Waals surface area (Å²) in [4.78, 5) is 0. The van der Waals surface area contributed by atoms with E-state index in [1.54, 1.807) is 6.26 Å². The van der Waals surface area contributed by atoms with Crippen LogP contribution in [0.15, 0.2) is 23.0 Å². The first-order valence-electron chi connectivity index (χ1n) is 5.58. The van der Waals surface area contributed by atoms with Gasteiger partial charge in [-0.3, -0.25) is 0 Å². The van der Waals surface area contributed by atoms with Crippen LogP contribution in [0.3, 0.4) is 0 Å². The van der Waals surface area contributed by atoms with Gasteiger partial charge in [-0.05, 0) is 37.3 Å². The second-order valence-electron chi connectivity index (χ2n) is 4.29. The van der Waals surface area contributed by atoms with Gasteiger partial charge in [-0.2, -0.15) is 0 Å². The van der Waals surface area contributed by atoms with Crippen LogP contribution in [-0.4, -0.2) is 6.54 Å². The fourth-order valence-electron chi connectivity index (χ4n) is 2.17. The molecule has 1 aromatic heterocycles. The minimum Gasteiger partial charge on any atom is -0.472 e. The Morgan fingerprint density at radius 1 is 1.57 bits per heavy atom. The highest BCUT2D eigenvalue weighted by Crippen LogP contribution is 2.42. The van der Waals surface area contributed by atoms with Crippen LogP contribution in [0, 0.1) is 11.8 Å². The zero-order chi connectivity index (χ0) is 9.97. The molecule has 14 heavy (non-hydrogen) atoms. The van der Waals surface area contributed by atoms with Crippen LogP contribution in [0.2, 0.25) is 0 Å². The van der Waals surface area contributed by atoms with E-state index in [9.17, 15) is 0 Å².